The number of aromatic carboxylic acids is 1. The van der Waals surface area contributed by atoms with Gasteiger partial charge in [-0.1, -0.05) is 23.7 Å². The Hall–Kier alpha value is -4.57. The van der Waals surface area contributed by atoms with E-state index >= 15 is 0 Å². The Bertz CT molecular complexity index is 1720. The molecule has 0 bridgehead atoms. The molecule has 5 aromatic rings. The molecule has 0 aliphatic carbocycles. The predicted octanol–water partition coefficient (Wildman–Crippen LogP) is 4.08. The summed E-state index contributed by atoms with van der Waals surface area (Å²) in [5.41, 5.74) is 5.28. The Morgan fingerprint density at radius 1 is 1.16 bits per heavy atom. The molecule has 10 nitrogen and oxygen atoms in total. The summed E-state index contributed by atoms with van der Waals surface area (Å²) in [4.78, 5) is 32.8. The van der Waals surface area contributed by atoms with Gasteiger partial charge in [0, 0.05) is 27.9 Å². The summed E-state index contributed by atoms with van der Waals surface area (Å²) < 4.78 is 3.29. The van der Waals surface area contributed by atoms with E-state index in [-0.39, 0.29) is 17.2 Å². The van der Waals surface area contributed by atoms with E-state index in [0.717, 1.165) is 22.4 Å². The van der Waals surface area contributed by atoms with E-state index in [9.17, 15) is 14.7 Å². The van der Waals surface area contributed by atoms with Crippen LogP contribution < -0.4 is 5.56 Å². The SMILES string of the molecule is Cc1c(C(=O)O)cccc1-c1cnc([C@@H]2CCc3cc(-c4cc(Cl)ccc4-n4cnnn4)cc(=O)n32)[nH]1. The highest BCUT2D eigenvalue weighted by molar-refractivity contribution is 6.31. The number of halogens is 1. The summed E-state index contributed by atoms with van der Waals surface area (Å²) in [6.07, 6.45) is 4.57. The standard InChI is InChI=1S/C26H20ClN7O3/c1-14-18(3-2-4-19(14)26(36)37)21-12-28-25(30-21)23-8-6-17-9-15(10-24(35)34(17)23)20-11-16(27)5-7-22(20)33-13-29-31-32-33/h2-5,7,9-13,23H,6,8H2,1H3,(H,28,30)(H,36,37)/t23-/m0/s1. The van der Waals surface area contributed by atoms with E-state index in [4.69, 9.17) is 11.6 Å². The zero-order chi connectivity index (χ0) is 25.7. The van der Waals surface area contributed by atoms with Crippen molar-refractivity contribution in [2.75, 3.05) is 0 Å². The molecule has 0 saturated heterocycles. The van der Waals surface area contributed by atoms with Crippen molar-refractivity contribution in [2.45, 2.75) is 25.8 Å². The largest absolute Gasteiger partial charge is 0.478 e. The highest BCUT2D eigenvalue weighted by Gasteiger charge is 2.28. The highest BCUT2D eigenvalue weighted by Crippen LogP contribution is 2.35. The van der Waals surface area contributed by atoms with Crippen molar-refractivity contribution in [3.8, 4) is 28.1 Å². The topological polar surface area (TPSA) is 132 Å². The molecule has 1 aliphatic rings. The Balaban J connectivity index is 1.38. The summed E-state index contributed by atoms with van der Waals surface area (Å²) in [5, 5.41) is 21.4. The van der Waals surface area contributed by atoms with Crippen molar-refractivity contribution < 1.29 is 9.90 Å². The number of pyridine rings is 1. The second-order valence-electron chi connectivity index (χ2n) is 8.88. The molecule has 1 atom stereocenters. The van der Waals surface area contributed by atoms with Crippen molar-refractivity contribution >= 4 is 17.6 Å². The van der Waals surface area contributed by atoms with Crippen LogP contribution in [0.5, 0.6) is 0 Å². The summed E-state index contributed by atoms with van der Waals surface area (Å²) in [7, 11) is 0. The monoisotopic (exact) mass is 513 g/mol. The van der Waals surface area contributed by atoms with Crippen LogP contribution in [0.25, 0.3) is 28.1 Å². The van der Waals surface area contributed by atoms with Crippen LogP contribution in [0, 0.1) is 6.92 Å². The molecular weight excluding hydrogens is 494 g/mol. The number of nitrogens with one attached hydrogen (secondary N) is 1. The Kier molecular flexibility index (Phi) is 5.45. The fraction of sp³-hybridized carbons (Fsp3) is 0.154. The first kappa shape index (κ1) is 22.9. The van der Waals surface area contributed by atoms with Crippen molar-refractivity contribution in [1.82, 2.24) is 34.7 Å². The number of aromatic nitrogens is 7. The second kappa shape index (κ2) is 8.82. The Morgan fingerprint density at radius 3 is 2.81 bits per heavy atom. The lowest BCUT2D eigenvalue weighted by molar-refractivity contribution is 0.0696. The molecule has 2 N–H and O–H groups in total. The number of nitrogens with zero attached hydrogens (tertiary/aromatic N) is 6. The van der Waals surface area contributed by atoms with Gasteiger partial charge in [0.05, 0.1) is 29.2 Å². The molecule has 0 saturated carbocycles. The normalized spacial score (nSPS) is 14.6. The number of carbonyl (C=O) groups is 1. The number of tetrazole rings is 1. The third-order valence-electron chi connectivity index (χ3n) is 6.76. The number of H-pyrrole nitrogens is 1. The number of rotatable bonds is 5. The van der Waals surface area contributed by atoms with E-state index in [2.05, 4.69) is 25.5 Å². The van der Waals surface area contributed by atoms with Gasteiger partial charge in [-0.25, -0.2) is 9.78 Å². The number of carboxylic acids is 1. The van der Waals surface area contributed by atoms with Crippen molar-refractivity contribution in [2.24, 2.45) is 0 Å². The quantitative estimate of drug-likeness (QED) is 0.362. The van der Waals surface area contributed by atoms with Crippen LogP contribution in [0.3, 0.4) is 0 Å². The van der Waals surface area contributed by atoms with E-state index < -0.39 is 5.97 Å². The summed E-state index contributed by atoms with van der Waals surface area (Å²) in [6, 6.07) is 13.8. The fourth-order valence-corrected chi connectivity index (χ4v) is 5.19. The number of hydrogen-bond acceptors (Lipinski definition) is 6. The first-order valence-corrected chi connectivity index (χ1v) is 12.0. The minimum atomic E-state index is -0.978. The van der Waals surface area contributed by atoms with Crippen LogP contribution in [0.2, 0.25) is 5.02 Å². The van der Waals surface area contributed by atoms with Gasteiger partial charge >= 0.3 is 5.97 Å². The number of fused-ring (bicyclic) bond motifs is 1. The number of imidazole rings is 1. The third kappa shape index (κ3) is 3.91. The molecule has 11 heteroatoms. The van der Waals surface area contributed by atoms with Crippen LogP contribution in [0.4, 0.5) is 0 Å². The smallest absolute Gasteiger partial charge is 0.335 e. The van der Waals surface area contributed by atoms with Gasteiger partial charge in [-0.15, -0.1) is 5.10 Å². The van der Waals surface area contributed by atoms with Gasteiger partial charge in [0.15, 0.2) is 0 Å². The molecule has 6 rings (SSSR count). The van der Waals surface area contributed by atoms with Gasteiger partial charge in [-0.05, 0) is 71.7 Å². The molecule has 184 valence electrons. The fourth-order valence-electron chi connectivity index (χ4n) is 5.02. The second-order valence-corrected chi connectivity index (χ2v) is 9.32. The van der Waals surface area contributed by atoms with Gasteiger partial charge in [-0.3, -0.25) is 4.79 Å². The van der Waals surface area contributed by atoms with Gasteiger partial charge in [0.25, 0.3) is 5.56 Å². The van der Waals surface area contributed by atoms with Crippen LogP contribution in [-0.2, 0) is 6.42 Å². The minimum Gasteiger partial charge on any atom is -0.478 e. The molecule has 0 amide bonds. The maximum absolute atomic E-state index is 13.4. The highest BCUT2D eigenvalue weighted by atomic mass is 35.5. The molecule has 0 fully saturated rings. The van der Waals surface area contributed by atoms with E-state index in [1.54, 1.807) is 48.0 Å². The van der Waals surface area contributed by atoms with Gasteiger partial charge in [0.1, 0.15) is 12.2 Å². The van der Waals surface area contributed by atoms with Crippen molar-refractivity contribution in [1.29, 1.82) is 0 Å². The summed E-state index contributed by atoms with van der Waals surface area (Å²) in [5.74, 6) is -0.324. The Morgan fingerprint density at radius 2 is 2.03 bits per heavy atom. The molecule has 1 aliphatic heterocycles. The lowest BCUT2D eigenvalue weighted by Gasteiger charge is -2.15. The molecule has 0 spiro atoms. The number of aryl methyl sites for hydroxylation is 1. The maximum atomic E-state index is 13.4. The molecule has 0 radical (unpaired) electrons. The van der Waals surface area contributed by atoms with Gasteiger partial charge < -0.3 is 14.7 Å². The van der Waals surface area contributed by atoms with Crippen LogP contribution >= 0.6 is 11.6 Å². The zero-order valence-corrected chi connectivity index (χ0v) is 20.3. The predicted molar refractivity (Wildman–Crippen MR) is 136 cm³/mol. The molecule has 37 heavy (non-hydrogen) atoms. The lowest BCUT2D eigenvalue weighted by Crippen LogP contribution is -2.23. The van der Waals surface area contributed by atoms with Crippen LogP contribution in [-0.4, -0.2) is 45.8 Å². The number of aromatic amines is 1. The zero-order valence-electron chi connectivity index (χ0n) is 19.6. The summed E-state index contributed by atoms with van der Waals surface area (Å²) in [6.45, 7) is 1.77. The van der Waals surface area contributed by atoms with Crippen molar-refractivity contribution in [3.05, 3.63) is 99.1 Å². The van der Waals surface area contributed by atoms with Crippen LogP contribution in [0.15, 0.2) is 65.8 Å². The molecule has 0 unspecified atom stereocenters. The molecule has 3 aromatic heterocycles. The third-order valence-corrected chi connectivity index (χ3v) is 7.00. The number of carboxylic acid groups (broad SMARTS) is 1. The van der Waals surface area contributed by atoms with Gasteiger partial charge in [0.2, 0.25) is 0 Å². The average Bonchev–Trinajstić information content (AvgIpc) is 3.64. The van der Waals surface area contributed by atoms with Crippen LogP contribution in [0.1, 0.15) is 39.9 Å². The van der Waals surface area contributed by atoms with Crippen molar-refractivity contribution in [3.63, 3.8) is 0 Å². The first-order chi connectivity index (χ1) is 17.9. The van der Waals surface area contributed by atoms with E-state index in [1.165, 1.54) is 11.0 Å². The average molecular weight is 514 g/mol. The molecule has 2 aromatic carbocycles. The molecule has 4 heterocycles. The first-order valence-electron chi connectivity index (χ1n) is 11.6. The summed E-state index contributed by atoms with van der Waals surface area (Å²) >= 11 is 6.29. The maximum Gasteiger partial charge on any atom is 0.335 e. The number of benzene rings is 2. The Labute approximate surface area is 215 Å². The van der Waals surface area contributed by atoms with E-state index in [1.807, 2.05) is 18.2 Å². The van der Waals surface area contributed by atoms with E-state index in [0.29, 0.717) is 40.6 Å². The van der Waals surface area contributed by atoms with Gasteiger partial charge in [-0.2, -0.15) is 4.68 Å². The minimum absolute atomic E-state index is 0.153. The molecular formula is C26H20ClN7O3. The number of hydrogen-bond donors (Lipinski definition) is 2. The lowest BCUT2D eigenvalue weighted by atomic mass is 10.0.